The summed E-state index contributed by atoms with van der Waals surface area (Å²) in [4.78, 5) is 14.4. The lowest BCUT2D eigenvalue weighted by Crippen LogP contribution is -2.40. The zero-order valence-electron chi connectivity index (χ0n) is 14.6. The molecular weight excluding hydrogens is 316 g/mol. The van der Waals surface area contributed by atoms with E-state index in [9.17, 15) is 0 Å². The van der Waals surface area contributed by atoms with Crippen LogP contribution in [0.4, 0.5) is 5.95 Å². The summed E-state index contributed by atoms with van der Waals surface area (Å²) in [6.07, 6.45) is 5.51. The van der Waals surface area contributed by atoms with Gasteiger partial charge in [-0.1, -0.05) is 0 Å². The number of fused-ring (bicyclic) bond motifs is 4. The molecule has 0 saturated carbocycles. The summed E-state index contributed by atoms with van der Waals surface area (Å²) >= 11 is 0. The average Bonchev–Trinajstić information content (AvgIpc) is 3.17. The SMILES string of the molecule is Cc1ccc(CN2C3CCC2c2cnc(N4CCOCC4)nc2C3)o1. The van der Waals surface area contributed by atoms with Gasteiger partial charge in [0.15, 0.2) is 0 Å². The highest BCUT2D eigenvalue weighted by molar-refractivity contribution is 5.37. The van der Waals surface area contributed by atoms with Crippen LogP contribution in [0.1, 0.15) is 41.7 Å². The summed E-state index contributed by atoms with van der Waals surface area (Å²) in [6.45, 7) is 6.19. The minimum absolute atomic E-state index is 0.429. The predicted molar refractivity (Wildman–Crippen MR) is 93.5 cm³/mol. The summed E-state index contributed by atoms with van der Waals surface area (Å²) in [7, 11) is 0. The predicted octanol–water partition coefficient (Wildman–Crippen LogP) is 2.48. The quantitative estimate of drug-likeness (QED) is 0.856. The van der Waals surface area contributed by atoms with Crippen LogP contribution in [0, 0.1) is 6.92 Å². The molecule has 0 spiro atoms. The van der Waals surface area contributed by atoms with Crippen LogP contribution in [0.2, 0.25) is 0 Å². The lowest BCUT2D eigenvalue weighted by Gasteiger charge is -2.35. The Morgan fingerprint density at radius 1 is 1.20 bits per heavy atom. The smallest absolute Gasteiger partial charge is 0.225 e. The Kier molecular flexibility index (Phi) is 3.75. The largest absolute Gasteiger partial charge is 0.465 e. The summed E-state index contributed by atoms with van der Waals surface area (Å²) in [6, 6.07) is 5.14. The molecule has 2 aromatic heterocycles. The maximum Gasteiger partial charge on any atom is 0.225 e. The van der Waals surface area contributed by atoms with Crippen LogP contribution >= 0.6 is 0 Å². The molecule has 2 bridgehead atoms. The highest BCUT2D eigenvalue weighted by Gasteiger charge is 2.41. The van der Waals surface area contributed by atoms with Gasteiger partial charge >= 0.3 is 0 Å². The normalized spacial score (nSPS) is 26.0. The molecule has 5 rings (SSSR count). The minimum Gasteiger partial charge on any atom is -0.465 e. The molecule has 2 fully saturated rings. The molecule has 2 saturated heterocycles. The van der Waals surface area contributed by atoms with Gasteiger partial charge in [0.05, 0.1) is 25.5 Å². The number of rotatable bonds is 3. The molecule has 2 aromatic rings. The molecule has 132 valence electrons. The van der Waals surface area contributed by atoms with Gasteiger partial charge in [-0.25, -0.2) is 9.97 Å². The lowest BCUT2D eigenvalue weighted by molar-refractivity contribution is 0.121. The van der Waals surface area contributed by atoms with Crippen molar-refractivity contribution in [3.05, 3.63) is 41.1 Å². The van der Waals surface area contributed by atoms with Crippen LogP contribution in [-0.2, 0) is 17.7 Å². The Balaban J connectivity index is 1.40. The van der Waals surface area contributed by atoms with Gasteiger partial charge in [0.1, 0.15) is 11.5 Å². The van der Waals surface area contributed by atoms with E-state index in [1.54, 1.807) is 0 Å². The summed E-state index contributed by atoms with van der Waals surface area (Å²) in [5.74, 6) is 2.92. The Hall–Kier alpha value is -1.92. The molecule has 0 aliphatic carbocycles. The van der Waals surface area contributed by atoms with Crippen molar-refractivity contribution in [2.45, 2.75) is 44.8 Å². The van der Waals surface area contributed by atoms with E-state index in [1.165, 1.54) is 24.1 Å². The number of aromatic nitrogens is 2. The Labute approximate surface area is 147 Å². The number of anilines is 1. The number of hydrogen-bond donors (Lipinski definition) is 0. The Morgan fingerprint density at radius 3 is 2.88 bits per heavy atom. The van der Waals surface area contributed by atoms with E-state index in [2.05, 4.69) is 27.0 Å². The zero-order chi connectivity index (χ0) is 16.8. The molecule has 2 unspecified atom stereocenters. The number of nitrogens with zero attached hydrogens (tertiary/aromatic N) is 4. The van der Waals surface area contributed by atoms with Gasteiger partial charge in [-0.3, -0.25) is 4.90 Å². The molecule has 6 heteroatoms. The third-order valence-corrected chi connectivity index (χ3v) is 5.75. The second-order valence-corrected chi connectivity index (χ2v) is 7.31. The average molecular weight is 340 g/mol. The third-order valence-electron chi connectivity index (χ3n) is 5.75. The first kappa shape index (κ1) is 15.3. The number of aryl methyl sites for hydroxylation is 1. The van der Waals surface area contributed by atoms with Gasteiger partial charge in [0, 0.05) is 43.4 Å². The molecule has 5 heterocycles. The fourth-order valence-corrected chi connectivity index (χ4v) is 4.48. The first-order valence-electron chi connectivity index (χ1n) is 9.27. The second-order valence-electron chi connectivity index (χ2n) is 7.31. The molecular formula is C19H24N4O2. The van der Waals surface area contributed by atoms with Crippen molar-refractivity contribution in [2.24, 2.45) is 0 Å². The van der Waals surface area contributed by atoms with Crippen molar-refractivity contribution in [1.82, 2.24) is 14.9 Å². The van der Waals surface area contributed by atoms with Crippen molar-refractivity contribution in [2.75, 3.05) is 31.2 Å². The molecule has 2 atom stereocenters. The van der Waals surface area contributed by atoms with Gasteiger partial charge in [0.2, 0.25) is 5.95 Å². The van der Waals surface area contributed by atoms with Crippen LogP contribution in [0.25, 0.3) is 0 Å². The van der Waals surface area contributed by atoms with E-state index in [0.29, 0.717) is 12.1 Å². The number of hydrogen-bond acceptors (Lipinski definition) is 6. The highest BCUT2D eigenvalue weighted by Crippen LogP contribution is 2.44. The molecule has 0 radical (unpaired) electrons. The van der Waals surface area contributed by atoms with E-state index in [1.807, 2.05) is 13.0 Å². The van der Waals surface area contributed by atoms with Crippen molar-refractivity contribution >= 4 is 5.95 Å². The molecule has 25 heavy (non-hydrogen) atoms. The first-order valence-corrected chi connectivity index (χ1v) is 9.27. The highest BCUT2D eigenvalue weighted by atomic mass is 16.5. The Bertz CT molecular complexity index is 769. The summed E-state index contributed by atoms with van der Waals surface area (Å²) < 4.78 is 11.2. The fourth-order valence-electron chi connectivity index (χ4n) is 4.48. The van der Waals surface area contributed by atoms with Crippen LogP contribution in [0.3, 0.4) is 0 Å². The van der Waals surface area contributed by atoms with E-state index in [0.717, 1.165) is 56.7 Å². The van der Waals surface area contributed by atoms with Gasteiger partial charge in [-0.15, -0.1) is 0 Å². The monoisotopic (exact) mass is 340 g/mol. The lowest BCUT2D eigenvalue weighted by atomic mass is 9.99. The van der Waals surface area contributed by atoms with Crippen LogP contribution in [0.15, 0.2) is 22.7 Å². The maximum atomic E-state index is 5.81. The van der Waals surface area contributed by atoms with Crippen molar-refractivity contribution in [1.29, 1.82) is 0 Å². The molecule has 3 aliphatic heterocycles. The van der Waals surface area contributed by atoms with Gasteiger partial charge in [-0.05, 0) is 31.9 Å². The first-order chi connectivity index (χ1) is 12.3. The van der Waals surface area contributed by atoms with Crippen molar-refractivity contribution < 1.29 is 9.15 Å². The van der Waals surface area contributed by atoms with Gasteiger partial charge in [0.25, 0.3) is 0 Å². The third kappa shape index (κ3) is 2.73. The minimum atomic E-state index is 0.429. The van der Waals surface area contributed by atoms with Gasteiger partial charge < -0.3 is 14.1 Å². The molecule has 0 amide bonds. The van der Waals surface area contributed by atoms with E-state index < -0.39 is 0 Å². The number of morpholine rings is 1. The second kappa shape index (κ2) is 6.11. The van der Waals surface area contributed by atoms with Crippen molar-refractivity contribution in [3.63, 3.8) is 0 Å². The fraction of sp³-hybridized carbons (Fsp3) is 0.579. The summed E-state index contributed by atoms with van der Waals surface area (Å²) in [5, 5.41) is 0. The topological polar surface area (TPSA) is 54.6 Å². The molecule has 6 nitrogen and oxygen atoms in total. The van der Waals surface area contributed by atoms with Crippen LogP contribution in [-0.4, -0.2) is 47.2 Å². The standard InChI is InChI=1S/C19H24N4O2/c1-13-2-4-15(25-13)12-23-14-3-5-18(23)16-11-20-19(21-17(16)10-14)22-6-8-24-9-7-22/h2,4,11,14,18H,3,5-10,12H2,1H3. The van der Waals surface area contributed by atoms with E-state index in [4.69, 9.17) is 14.1 Å². The van der Waals surface area contributed by atoms with Crippen molar-refractivity contribution in [3.8, 4) is 0 Å². The van der Waals surface area contributed by atoms with Crippen LogP contribution < -0.4 is 4.90 Å². The molecule has 3 aliphatic rings. The maximum absolute atomic E-state index is 5.81. The number of ether oxygens (including phenoxy) is 1. The zero-order valence-corrected chi connectivity index (χ0v) is 14.6. The van der Waals surface area contributed by atoms with E-state index in [-0.39, 0.29) is 0 Å². The molecule has 0 aromatic carbocycles. The summed E-state index contributed by atoms with van der Waals surface area (Å²) in [5.41, 5.74) is 2.56. The molecule has 0 N–H and O–H groups in total. The number of furan rings is 1. The van der Waals surface area contributed by atoms with Gasteiger partial charge in [-0.2, -0.15) is 0 Å². The van der Waals surface area contributed by atoms with Crippen LogP contribution in [0.5, 0.6) is 0 Å². The van der Waals surface area contributed by atoms with E-state index >= 15 is 0 Å². The Morgan fingerprint density at radius 2 is 2.08 bits per heavy atom.